The third-order valence-corrected chi connectivity index (χ3v) is 2.02. The van der Waals surface area contributed by atoms with E-state index in [1.807, 2.05) is 13.8 Å². The molecule has 1 amide bonds. The van der Waals surface area contributed by atoms with Crippen LogP contribution in [-0.4, -0.2) is 27.1 Å². The molecule has 0 spiro atoms. The summed E-state index contributed by atoms with van der Waals surface area (Å²) >= 11 is 0. The number of carbonyl (C=O) groups excluding carboxylic acids is 1. The van der Waals surface area contributed by atoms with Gasteiger partial charge in [-0.3, -0.25) is 9.89 Å². The minimum absolute atomic E-state index is 0.0983. The molecule has 0 saturated carbocycles. The molecule has 2 rings (SSSR count). The van der Waals surface area contributed by atoms with Crippen LogP contribution in [0.3, 0.4) is 0 Å². The van der Waals surface area contributed by atoms with Crippen molar-refractivity contribution in [1.29, 1.82) is 0 Å². The normalized spacial score (nSPS) is 10.9. The van der Waals surface area contributed by atoms with Crippen molar-refractivity contribution in [3.05, 3.63) is 24.0 Å². The van der Waals surface area contributed by atoms with E-state index in [0.717, 1.165) is 5.39 Å². The number of pyridine rings is 1. The van der Waals surface area contributed by atoms with Crippen molar-refractivity contribution in [2.75, 3.05) is 0 Å². The first-order valence-electron chi connectivity index (χ1n) is 4.77. The number of amides is 1. The van der Waals surface area contributed by atoms with Gasteiger partial charge in [0.15, 0.2) is 5.65 Å². The molecule has 0 unspecified atom stereocenters. The molecule has 2 N–H and O–H groups in total. The minimum Gasteiger partial charge on any atom is -0.350 e. The molecule has 0 radical (unpaired) electrons. The molecule has 78 valence electrons. The maximum absolute atomic E-state index is 11.8. The molecule has 0 aromatic carbocycles. The summed E-state index contributed by atoms with van der Waals surface area (Å²) in [5, 5.41) is 10.2. The van der Waals surface area contributed by atoms with E-state index >= 15 is 0 Å². The van der Waals surface area contributed by atoms with Crippen LogP contribution in [0, 0.1) is 0 Å². The molecule has 0 atom stereocenters. The maximum atomic E-state index is 11.8. The van der Waals surface area contributed by atoms with Gasteiger partial charge in [-0.15, -0.1) is 0 Å². The summed E-state index contributed by atoms with van der Waals surface area (Å²) in [6, 6.07) is 1.81. The number of hydrogen-bond acceptors (Lipinski definition) is 3. The zero-order valence-corrected chi connectivity index (χ0v) is 8.61. The standard InChI is InChI=1S/C10H12N4O/c1-6(2)13-10(15)7-3-4-11-9-8(7)5-12-14-9/h3-6H,1-2H3,(H,13,15)(H,11,12,14). The summed E-state index contributed by atoms with van der Waals surface area (Å²) in [6.45, 7) is 3.84. The Bertz CT molecular complexity index is 489. The molecule has 0 aliphatic rings. The molecule has 2 aromatic heterocycles. The monoisotopic (exact) mass is 204 g/mol. The highest BCUT2D eigenvalue weighted by Gasteiger charge is 2.11. The number of hydrogen-bond donors (Lipinski definition) is 2. The lowest BCUT2D eigenvalue weighted by Gasteiger charge is -2.08. The fourth-order valence-electron chi connectivity index (χ4n) is 1.39. The van der Waals surface area contributed by atoms with E-state index in [-0.39, 0.29) is 11.9 Å². The smallest absolute Gasteiger partial charge is 0.252 e. The number of nitrogens with zero attached hydrogens (tertiary/aromatic N) is 2. The van der Waals surface area contributed by atoms with E-state index in [9.17, 15) is 4.79 Å². The van der Waals surface area contributed by atoms with Crippen LogP contribution in [0.1, 0.15) is 24.2 Å². The summed E-state index contributed by atoms with van der Waals surface area (Å²) in [5.74, 6) is -0.0983. The van der Waals surface area contributed by atoms with E-state index in [1.54, 1.807) is 18.5 Å². The molecule has 2 heterocycles. The maximum Gasteiger partial charge on any atom is 0.252 e. The molecule has 0 saturated heterocycles. The first-order valence-corrected chi connectivity index (χ1v) is 4.77. The third kappa shape index (κ3) is 1.81. The lowest BCUT2D eigenvalue weighted by molar-refractivity contribution is 0.0944. The second-order valence-corrected chi connectivity index (χ2v) is 3.62. The Morgan fingerprint density at radius 3 is 3.07 bits per heavy atom. The van der Waals surface area contributed by atoms with Gasteiger partial charge in [0.1, 0.15) is 0 Å². The van der Waals surface area contributed by atoms with Crippen LogP contribution >= 0.6 is 0 Å². The molecule has 15 heavy (non-hydrogen) atoms. The average Bonchev–Trinajstić information content (AvgIpc) is 2.63. The number of aromatic amines is 1. The number of nitrogens with one attached hydrogen (secondary N) is 2. The van der Waals surface area contributed by atoms with Gasteiger partial charge in [-0.2, -0.15) is 5.10 Å². The molecule has 2 aromatic rings. The van der Waals surface area contributed by atoms with Gasteiger partial charge in [-0.1, -0.05) is 0 Å². The van der Waals surface area contributed by atoms with Gasteiger partial charge < -0.3 is 5.32 Å². The van der Waals surface area contributed by atoms with E-state index in [1.165, 1.54) is 0 Å². The van der Waals surface area contributed by atoms with Crippen molar-refractivity contribution in [3.63, 3.8) is 0 Å². The number of H-pyrrole nitrogens is 1. The van der Waals surface area contributed by atoms with Crippen molar-refractivity contribution in [1.82, 2.24) is 20.5 Å². The average molecular weight is 204 g/mol. The van der Waals surface area contributed by atoms with Crippen LogP contribution in [-0.2, 0) is 0 Å². The zero-order valence-electron chi connectivity index (χ0n) is 8.61. The number of fused-ring (bicyclic) bond motifs is 1. The molecule has 0 fully saturated rings. The van der Waals surface area contributed by atoms with Crippen molar-refractivity contribution in [2.24, 2.45) is 0 Å². The van der Waals surface area contributed by atoms with Gasteiger partial charge in [0.05, 0.1) is 17.1 Å². The van der Waals surface area contributed by atoms with Crippen LogP contribution < -0.4 is 5.32 Å². The SMILES string of the molecule is CC(C)NC(=O)c1ccnc2[nH]ncc12. The van der Waals surface area contributed by atoms with E-state index in [0.29, 0.717) is 11.2 Å². The Kier molecular flexibility index (Phi) is 2.37. The van der Waals surface area contributed by atoms with Crippen LogP contribution in [0.25, 0.3) is 11.0 Å². The Morgan fingerprint density at radius 2 is 2.33 bits per heavy atom. The van der Waals surface area contributed by atoms with Gasteiger partial charge in [0.25, 0.3) is 5.91 Å². The molecule has 0 aliphatic carbocycles. The summed E-state index contributed by atoms with van der Waals surface area (Å²) in [5.41, 5.74) is 1.23. The van der Waals surface area contributed by atoms with E-state index in [4.69, 9.17) is 0 Å². The Balaban J connectivity index is 2.42. The first kappa shape index (κ1) is 9.64. The van der Waals surface area contributed by atoms with Crippen molar-refractivity contribution >= 4 is 16.9 Å². The van der Waals surface area contributed by atoms with Gasteiger partial charge in [0.2, 0.25) is 0 Å². The Labute approximate surface area is 86.9 Å². The van der Waals surface area contributed by atoms with Crippen molar-refractivity contribution < 1.29 is 4.79 Å². The lowest BCUT2D eigenvalue weighted by atomic mass is 10.2. The zero-order chi connectivity index (χ0) is 10.8. The van der Waals surface area contributed by atoms with E-state index in [2.05, 4.69) is 20.5 Å². The molecule has 0 bridgehead atoms. The van der Waals surface area contributed by atoms with Crippen molar-refractivity contribution in [2.45, 2.75) is 19.9 Å². The summed E-state index contributed by atoms with van der Waals surface area (Å²) in [7, 11) is 0. The summed E-state index contributed by atoms with van der Waals surface area (Å²) < 4.78 is 0. The van der Waals surface area contributed by atoms with Crippen LogP contribution in [0.5, 0.6) is 0 Å². The Hall–Kier alpha value is -1.91. The summed E-state index contributed by atoms with van der Waals surface area (Å²) in [4.78, 5) is 15.9. The lowest BCUT2D eigenvalue weighted by Crippen LogP contribution is -2.30. The molecule has 0 aliphatic heterocycles. The fraction of sp³-hybridized carbons (Fsp3) is 0.300. The highest BCUT2D eigenvalue weighted by Crippen LogP contribution is 2.13. The highest BCUT2D eigenvalue weighted by molar-refractivity contribution is 6.05. The van der Waals surface area contributed by atoms with Gasteiger partial charge in [0, 0.05) is 12.2 Å². The second kappa shape index (κ2) is 3.68. The van der Waals surface area contributed by atoms with Crippen molar-refractivity contribution in [3.8, 4) is 0 Å². The first-order chi connectivity index (χ1) is 7.18. The number of rotatable bonds is 2. The quantitative estimate of drug-likeness (QED) is 0.769. The number of carbonyl (C=O) groups is 1. The largest absolute Gasteiger partial charge is 0.350 e. The van der Waals surface area contributed by atoms with Gasteiger partial charge >= 0.3 is 0 Å². The Morgan fingerprint density at radius 1 is 1.53 bits per heavy atom. The summed E-state index contributed by atoms with van der Waals surface area (Å²) in [6.07, 6.45) is 3.20. The van der Waals surface area contributed by atoms with Crippen LogP contribution in [0.4, 0.5) is 0 Å². The van der Waals surface area contributed by atoms with E-state index < -0.39 is 0 Å². The predicted molar refractivity (Wildman–Crippen MR) is 56.5 cm³/mol. The molecule has 5 heteroatoms. The fourth-order valence-corrected chi connectivity index (χ4v) is 1.39. The van der Waals surface area contributed by atoms with Crippen LogP contribution in [0.15, 0.2) is 18.5 Å². The third-order valence-electron chi connectivity index (χ3n) is 2.02. The molecule has 5 nitrogen and oxygen atoms in total. The minimum atomic E-state index is -0.0983. The molecular weight excluding hydrogens is 192 g/mol. The second-order valence-electron chi connectivity index (χ2n) is 3.62. The predicted octanol–water partition coefficient (Wildman–Crippen LogP) is 1.10. The highest BCUT2D eigenvalue weighted by atomic mass is 16.1. The topological polar surface area (TPSA) is 70.7 Å². The molecular formula is C10H12N4O. The van der Waals surface area contributed by atoms with Crippen LogP contribution in [0.2, 0.25) is 0 Å². The van der Waals surface area contributed by atoms with Gasteiger partial charge in [-0.25, -0.2) is 4.98 Å². The number of aromatic nitrogens is 3. The van der Waals surface area contributed by atoms with Gasteiger partial charge in [-0.05, 0) is 19.9 Å².